The summed E-state index contributed by atoms with van der Waals surface area (Å²) in [6.07, 6.45) is 8.87. The average molecular weight is 433 g/mol. The van der Waals surface area contributed by atoms with Gasteiger partial charge < -0.3 is 15.0 Å². The van der Waals surface area contributed by atoms with Crippen LogP contribution >= 0.6 is 0 Å². The largest absolute Gasteiger partial charge is 0.375 e. The summed E-state index contributed by atoms with van der Waals surface area (Å²) in [5.41, 5.74) is 4.21. The maximum absolute atomic E-state index is 12.9. The highest BCUT2D eigenvalue weighted by atomic mass is 16.5. The number of aromatic nitrogens is 2. The molecule has 0 atom stereocenters. The predicted octanol–water partition coefficient (Wildman–Crippen LogP) is 2.41. The van der Waals surface area contributed by atoms with Gasteiger partial charge in [-0.1, -0.05) is 24.3 Å². The number of hydrogen-bond donors (Lipinski definition) is 1. The van der Waals surface area contributed by atoms with Crippen molar-refractivity contribution >= 4 is 23.8 Å². The molecule has 166 valence electrons. The lowest BCUT2D eigenvalue weighted by molar-refractivity contribution is 0.0588. The third-order valence-electron chi connectivity index (χ3n) is 6.38. The number of amides is 1. The van der Waals surface area contributed by atoms with Crippen LogP contribution in [-0.2, 0) is 17.6 Å². The molecule has 0 unspecified atom stereocenters. The van der Waals surface area contributed by atoms with E-state index in [0.717, 1.165) is 44.5 Å². The van der Waals surface area contributed by atoms with Crippen molar-refractivity contribution in [2.24, 2.45) is 15.9 Å². The Morgan fingerprint density at radius 1 is 1.09 bits per heavy atom. The van der Waals surface area contributed by atoms with Crippen LogP contribution in [0, 0.1) is 5.92 Å². The van der Waals surface area contributed by atoms with E-state index in [9.17, 15) is 4.79 Å². The van der Waals surface area contributed by atoms with Gasteiger partial charge in [0.05, 0.1) is 24.5 Å². The zero-order chi connectivity index (χ0) is 21.8. The first-order valence-electron chi connectivity index (χ1n) is 11.3. The smallest absolute Gasteiger partial charge is 0.256 e. The summed E-state index contributed by atoms with van der Waals surface area (Å²) >= 11 is 0. The zero-order valence-corrected chi connectivity index (χ0v) is 18.1. The van der Waals surface area contributed by atoms with E-state index in [-0.39, 0.29) is 5.91 Å². The fourth-order valence-corrected chi connectivity index (χ4v) is 4.57. The molecular weight excluding hydrogens is 404 g/mol. The molecule has 0 spiro atoms. The molecule has 5 rings (SSSR count). The minimum absolute atomic E-state index is 0.000660. The molecular formula is C24H28N6O2. The number of carbonyl (C=O) groups excluding carboxylic acids is 1. The van der Waals surface area contributed by atoms with Gasteiger partial charge in [0.2, 0.25) is 5.95 Å². The minimum atomic E-state index is 0.000660. The molecule has 1 fully saturated rings. The number of fused-ring (bicyclic) bond motifs is 1. The van der Waals surface area contributed by atoms with E-state index in [0.29, 0.717) is 43.4 Å². The molecule has 1 saturated heterocycles. The number of benzene rings is 1. The highest BCUT2D eigenvalue weighted by Gasteiger charge is 2.25. The van der Waals surface area contributed by atoms with Crippen LogP contribution in [0.25, 0.3) is 0 Å². The molecule has 0 bridgehead atoms. The van der Waals surface area contributed by atoms with E-state index in [4.69, 9.17) is 4.74 Å². The third kappa shape index (κ3) is 4.85. The van der Waals surface area contributed by atoms with Crippen molar-refractivity contribution in [3.63, 3.8) is 0 Å². The first-order chi connectivity index (χ1) is 15.7. The highest BCUT2D eigenvalue weighted by Crippen LogP contribution is 2.24. The lowest BCUT2D eigenvalue weighted by Crippen LogP contribution is -2.39. The summed E-state index contributed by atoms with van der Waals surface area (Å²) < 4.78 is 5.77. The highest BCUT2D eigenvalue weighted by molar-refractivity contribution is 6.32. The second-order valence-electron chi connectivity index (χ2n) is 8.67. The van der Waals surface area contributed by atoms with Crippen LogP contribution in [0.1, 0.15) is 34.3 Å². The summed E-state index contributed by atoms with van der Waals surface area (Å²) in [5, 5.41) is 3.40. The number of ether oxygens (including phenoxy) is 1. The van der Waals surface area contributed by atoms with Crippen molar-refractivity contribution in [1.29, 1.82) is 0 Å². The first-order valence-corrected chi connectivity index (χ1v) is 11.3. The summed E-state index contributed by atoms with van der Waals surface area (Å²) in [6, 6.07) is 8.80. The van der Waals surface area contributed by atoms with Crippen molar-refractivity contribution in [2.45, 2.75) is 31.7 Å². The van der Waals surface area contributed by atoms with Gasteiger partial charge in [0.25, 0.3) is 5.91 Å². The molecule has 2 aromatic rings. The quantitative estimate of drug-likeness (QED) is 0.725. The summed E-state index contributed by atoms with van der Waals surface area (Å²) in [5.74, 6) is 1.05. The average Bonchev–Trinajstić information content (AvgIpc) is 3.49. The van der Waals surface area contributed by atoms with Crippen LogP contribution in [0.3, 0.4) is 0 Å². The Labute approximate surface area is 187 Å². The normalized spacial score (nSPS) is 18.6. The number of hydrogen-bond acceptors (Lipinski definition) is 7. The lowest BCUT2D eigenvalue weighted by atomic mass is 9.97. The summed E-state index contributed by atoms with van der Waals surface area (Å²) in [4.78, 5) is 31.9. The SMILES string of the molecule is O=C(c1cnc(NC2Cc3ccccc3C2)nc1)N1CCC(COCC2=NCN=C2)CC1. The number of anilines is 1. The Kier molecular flexibility index (Phi) is 6.20. The molecule has 0 radical (unpaired) electrons. The van der Waals surface area contributed by atoms with Crippen LogP contribution in [-0.4, -0.2) is 71.7 Å². The number of likely N-dealkylation sites (tertiary alicyclic amines) is 1. The van der Waals surface area contributed by atoms with Gasteiger partial charge in [-0.2, -0.15) is 0 Å². The molecule has 8 heteroatoms. The fraction of sp³-hybridized carbons (Fsp3) is 0.458. The van der Waals surface area contributed by atoms with Crippen molar-refractivity contribution in [2.75, 3.05) is 38.3 Å². The Morgan fingerprint density at radius 3 is 2.47 bits per heavy atom. The van der Waals surface area contributed by atoms with E-state index in [1.165, 1.54) is 11.1 Å². The van der Waals surface area contributed by atoms with Gasteiger partial charge in [-0.25, -0.2) is 9.97 Å². The Balaban J connectivity index is 1.07. The number of piperidine rings is 1. The monoisotopic (exact) mass is 432 g/mol. The Bertz CT molecular complexity index is 986. The molecule has 8 nitrogen and oxygen atoms in total. The molecule has 1 aromatic carbocycles. The number of carbonyl (C=O) groups is 1. The van der Waals surface area contributed by atoms with E-state index in [2.05, 4.69) is 49.5 Å². The van der Waals surface area contributed by atoms with Crippen molar-refractivity contribution in [3.05, 3.63) is 53.3 Å². The maximum atomic E-state index is 12.9. The molecule has 32 heavy (non-hydrogen) atoms. The second-order valence-corrected chi connectivity index (χ2v) is 8.67. The molecule has 3 heterocycles. The van der Waals surface area contributed by atoms with E-state index in [1.807, 2.05) is 4.90 Å². The van der Waals surface area contributed by atoms with Gasteiger partial charge in [-0.05, 0) is 42.7 Å². The van der Waals surface area contributed by atoms with Crippen molar-refractivity contribution in [1.82, 2.24) is 14.9 Å². The standard InChI is InChI=1S/C24H28N6O2/c31-23(30-7-5-17(6-8-30)14-32-15-22-13-25-16-28-22)20-11-26-24(27-12-20)29-21-9-18-3-1-2-4-19(18)10-21/h1-4,11-13,17,21H,5-10,14-16H2,(H,26,27,29). The van der Waals surface area contributed by atoms with E-state index < -0.39 is 0 Å². The number of aliphatic imine (C=N–C) groups is 2. The van der Waals surface area contributed by atoms with Crippen LogP contribution in [0.4, 0.5) is 5.95 Å². The summed E-state index contributed by atoms with van der Waals surface area (Å²) in [7, 11) is 0. The lowest BCUT2D eigenvalue weighted by Gasteiger charge is -2.31. The van der Waals surface area contributed by atoms with Gasteiger partial charge in [-0.3, -0.25) is 14.8 Å². The second kappa shape index (κ2) is 9.56. The molecule has 1 aliphatic carbocycles. The molecule has 1 amide bonds. The van der Waals surface area contributed by atoms with E-state index in [1.54, 1.807) is 18.6 Å². The molecule has 1 N–H and O–H groups in total. The van der Waals surface area contributed by atoms with Crippen LogP contribution < -0.4 is 5.32 Å². The van der Waals surface area contributed by atoms with Crippen LogP contribution in [0.5, 0.6) is 0 Å². The topological polar surface area (TPSA) is 92.1 Å². The Morgan fingerprint density at radius 2 is 1.81 bits per heavy atom. The first kappa shape index (κ1) is 20.8. The third-order valence-corrected chi connectivity index (χ3v) is 6.38. The van der Waals surface area contributed by atoms with Crippen molar-refractivity contribution in [3.8, 4) is 0 Å². The molecule has 3 aliphatic rings. The van der Waals surface area contributed by atoms with Crippen molar-refractivity contribution < 1.29 is 9.53 Å². The molecule has 2 aliphatic heterocycles. The van der Waals surface area contributed by atoms with Gasteiger partial charge in [0.1, 0.15) is 6.67 Å². The number of rotatable bonds is 7. The molecule has 0 saturated carbocycles. The maximum Gasteiger partial charge on any atom is 0.256 e. The van der Waals surface area contributed by atoms with Gasteiger partial charge in [0, 0.05) is 37.7 Å². The zero-order valence-electron chi connectivity index (χ0n) is 18.1. The van der Waals surface area contributed by atoms with Crippen LogP contribution in [0.2, 0.25) is 0 Å². The number of nitrogens with one attached hydrogen (secondary N) is 1. The minimum Gasteiger partial charge on any atom is -0.375 e. The predicted molar refractivity (Wildman–Crippen MR) is 124 cm³/mol. The molecule has 1 aromatic heterocycles. The van der Waals surface area contributed by atoms with Gasteiger partial charge in [0.15, 0.2) is 0 Å². The van der Waals surface area contributed by atoms with Crippen LogP contribution in [0.15, 0.2) is 46.6 Å². The Hall–Kier alpha value is -3.13. The number of nitrogens with zero attached hydrogens (tertiary/aromatic N) is 5. The van der Waals surface area contributed by atoms with Gasteiger partial charge >= 0.3 is 0 Å². The van der Waals surface area contributed by atoms with E-state index >= 15 is 0 Å². The van der Waals surface area contributed by atoms with Gasteiger partial charge in [-0.15, -0.1) is 0 Å². The fourth-order valence-electron chi connectivity index (χ4n) is 4.57. The summed E-state index contributed by atoms with van der Waals surface area (Å²) in [6.45, 7) is 3.21.